The van der Waals surface area contributed by atoms with Crippen molar-refractivity contribution in [2.24, 2.45) is 11.8 Å². The number of nitriles is 1. The fourth-order valence-corrected chi connectivity index (χ4v) is 4.63. The van der Waals surface area contributed by atoms with Crippen LogP contribution in [0.15, 0.2) is 42.0 Å². The number of hydrogen-bond acceptors (Lipinski definition) is 3. The van der Waals surface area contributed by atoms with Crippen molar-refractivity contribution in [2.75, 3.05) is 11.9 Å². The number of nitrogens with one attached hydrogen (secondary N) is 1. The van der Waals surface area contributed by atoms with Gasteiger partial charge in [0.15, 0.2) is 0 Å². The molecule has 4 rings (SSSR count). The topological polar surface area (TPSA) is 45.0 Å². The zero-order valence-electron chi connectivity index (χ0n) is 16.0. The van der Waals surface area contributed by atoms with Gasteiger partial charge in [0.2, 0.25) is 0 Å². The quantitative estimate of drug-likeness (QED) is 0.752. The van der Waals surface area contributed by atoms with Crippen molar-refractivity contribution in [3.05, 3.63) is 53.1 Å². The van der Waals surface area contributed by atoms with Crippen LogP contribution in [0.2, 0.25) is 0 Å². The van der Waals surface area contributed by atoms with Crippen molar-refractivity contribution in [1.29, 1.82) is 5.26 Å². The summed E-state index contributed by atoms with van der Waals surface area (Å²) in [7, 11) is 0. The van der Waals surface area contributed by atoms with Crippen LogP contribution in [0, 0.1) is 23.2 Å². The van der Waals surface area contributed by atoms with E-state index in [4.69, 9.17) is 4.74 Å². The highest BCUT2D eigenvalue weighted by Crippen LogP contribution is 2.47. The Bertz CT molecular complexity index is 793. The summed E-state index contributed by atoms with van der Waals surface area (Å²) in [5.41, 5.74) is 4.88. The van der Waals surface area contributed by atoms with E-state index >= 15 is 0 Å². The third kappa shape index (κ3) is 3.08. The first kappa shape index (κ1) is 17.4. The molecule has 1 fully saturated rings. The van der Waals surface area contributed by atoms with E-state index in [9.17, 15) is 5.26 Å². The lowest BCUT2D eigenvalue weighted by atomic mass is 9.72. The molecule has 1 aliphatic carbocycles. The van der Waals surface area contributed by atoms with Crippen LogP contribution in [-0.4, -0.2) is 12.6 Å². The van der Waals surface area contributed by atoms with Crippen LogP contribution >= 0.6 is 0 Å². The van der Waals surface area contributed by atoms with Gasteiger partial charge in [0.1, 0.15) is 0 Å². The molecular weight excluding hydrogens is 320 g/mol. The minimum Gasteiger partial charge on any atom is -0.381 e. The lowest BCUT2D eigenvalue weighted by molar-refractivity contribution is -0.0419. The molecule has 26 heavy (non-hydrogen) atoms. The van der Waals surface area contributed by atoms with Crippen LogP contribution in [0.25, 0.3) is 0 Å². The molecule has 0 spiro atoms. The number of nitrogens with zero attached hydrogens (tertiary/aromatic N) is 1. The average molecular weight is 348 g/mol. The lowest BCUT2D eigenvalue weighted by Crippen LogP contribution is -2.45. The molecule has 1 unspecified atom stereocenters. The van der Waals surface area contributed by atoms with Gasteiger partial charge in [0.25, 0.3) is 0 Å². The van der Waals surface area contributed by atoms with Gasteiger partial charge in [-0.25, -0.2) is 0 Å². The maximum atomic E-state index is 9.31. The van der Waals surface area contributed by atoms with Gasteiger partial charge in [-0.2, -0.15) is 5.26 Å². The smallest absolute Gasteiger partial charge is 0.0947 e. The summed E-state index contributed by atoms with van der Waals surface area (Å²) >= 11 is 0. The normalized spacial score (nSPS) is 30.5. The molecule has 1 aromatic carbocycles. The first-order chi connectivity index (χ1) is 12.5. The van der Waals surface area contributed by atoms with Gasteiger partial charge in [-0.1, -0.05) is 45.1 Å². The number of rotatable bonds is 1. The summed E-state index contributed by atoms with van der Waals surface area (Å²) < 4.78 is 6.31. The summed E-state index contributed by atoms with van der Waals surface area (Å²) in [6, 6.07) is 9.47. The maximum absolute atomic E-state index is 9.31. The van der Waals surface area contributed by atoms with Crippen LogP contribution in [0.1, 0.15) is 57.3 Å². The molecule has 0 saturated carbocycles. The fourth-order valence-electron chi connectivity index (χ4n) is 4.63. The van der Waals surface area contributed by atoms with Gasteiger partial charge < -0.3 is 10.1 Å². The molecule has 0 amide bonds. The van der Waals surface area contributed by atoms with Crippen LogP contribution in [0.3, 0.4) is 0 Å². The van der Waals surface area contributed by atoms with Crippen LogP contribution < -0.4 is 5.32 Å². The Balaban J connectivity index is 1.69. The van der Waals surface area contributed by atoms with Gasteiger partial charge in [0.05, 0.1) is 12.2 Å². The second kappa shape index (κ2) is 6.59. The summed E-state index contributed by atoms with van der Waals surface area (Å²) in [5.74, 6) is 0.804. The minimum absolute atomic E-state index is 0.134. The van der Waals surface area contributed by atoms with Crippen LogP contribution in [-0.2, 0) is 10.2 Å². The molecule has 3 nitrogen and oxygen atoms in total. The number of ether oxygens (including phenoxy) is 1. The predicted molar refractivity (Wildman–Crippen MR) is 105 cm³/mol. The summed E-state index contributed by atoms with van der Waals surface area (Å²) in [4.78, 5) is 0. The van der Waals surface area contributed by atoms with E-state index in [0.717, 1.165) is 25.0 Å². The summed E-state index contributed by atoms with van der Waals surface area (Å²) in [6.07, 6.45) is 9.53. The number of anilines is 1. The molecule has 1 N–H and O–H groups in total. The first-order valence-corrected chi connectivity index (χ1v) is 9.77. The van der Waals surface area contributed by atoms with E-state index in [1.165, 1.54) is 23.2 Å². The minimum atomic E-state index is 0.134. The Morgan fingerprint density at radius 2 is 2.12 bits per heavy atom. The Morgan fingerprint density at radius 1 is 1.27 bits per heavy atom. The molecule has 3 heteroatoms. The van der Waals surface area contributed by atoms with E-state index in [-0.39, 0.29) is 11.5 Å². The highest BCUT2D eigenvalue weighted by molar-refractivity contribution is 5.58. The van der Waals surface area contributed by atoms with Gasteiger partial charge in [-0.3, -0.25) is 0 Å². The number of hydrogen-bond donors (Lipinski definition) is 1. The Kier molecular flexibility index (Phi) is 4.40. The van der Waals surface area contributed by atoms with E-state index < -0.39 is 0 Å². The standard InChI is InChI=1S/C23H28N2O/c1-23(2,3)17-9-10-20-19(13-17)22-18(8-5-11-26-22)21(25-20)16-7-4-6-15(12-16)14-24/h4,6-7,9-10,13,16,18,21-22,25H,5,8,11-12H2,1-3H3/t16?,18-,21-,22-/m0/s1. The SMILES string of the molecule is CC(C)(C)c1ccc2c(c1)[C@H]1OCCC[C@H]1[C@H](C1C=CC=C(C#N)C1)N2. The number of benzene rings is 1. The molecule has 0 aromatic heterocycles. The molecule has 136 valence electrons. The maximum Gasteiger partial charge on any atom is 0.0947 e. The molecule has 2 heterocycles. The zero-order valence-corrected chi connectivity index (χ0v) is 16.0. The fraction of sp³-hybridized carbons (Fsp3) is 0.522. The molecule has 2 aliphatic heterocycles. The molecular formula is C23H28N2O. The molecule has 4 atom stereocenters. The van der Waals surface area contributed by atoms with Gasteiger partial charge in [0, 0.05) is 41.3 Å². The second-order valence-corrected chi connectivity index (χ2v) is 8.88. The second-order valence-electron chi connectivity index (χ2n) is 8.88. The highest BCUT2D eigenvalue weighted by atomic mass is 16.5. The summed E-state index contributed by atoms with van der Waals surface area (Å²) in [5, 5.41) is 13.1. The molecule has 1 aromatic rings. The van der Waals surface area contributed by atoms with Crippen molar-refractivity contribution < 1.29 is 4.74 Å². The van der Waals surface area contributed by atoms with Gasteiger partial charge >= 0.3 is 0 Å². The average Bonchev–Trinajstić information content (AvgIpc) is 2.66. The van der Waals surface area contributed by atoms with Crippen molar-refractivity contribution in [3.8, 4) is 6.07 Å². The molecule has 3 aliphatic rings. The van der Waals surface area contributed by atoms with E-state index in [1.807, 2.05) is 12.2 Å². The molecule has 0 radical (unpaired) electrons. The van der Waals surface area contributed by atoms with Crippen LogP contribution in [0.5, 0.6) is 0 Å². The van der Waals surface area contributed by atoms with Crippen molar-refractivity contribution >= 4 is 5.69 Å². The van der Waals surface area contributed by atoms with Crippen molar-refractivity contribution in [1.82, 2.24) is 0 Å². The zero-order chi connectivity index (χ0) is 18.3. The number of fused-ring (bicyclic) bond motifs is 3. The predicted octanol–water partition coefficient (Wildman–Crippen LogP) is 5.27. The van der Waals surface area contributed by atoms with Gasteiger partial charge in [-0.15, -0.1) is 0 Å². The lowest BCUT2D eigenvalue weighted by Gasteiger charge is -2.46. The third-order valence-corrected chi connectivity index (χ3v) is 6.09. The Labute approximate surface area is 156 Å². The summed E-state index contributed by atoms with van der Waals surface area (Å²) in [6.45, 7) is 7.62. The largest absolute Gasteiger partial charge is 0.381 e. The van der Waals surface area contributed by atoms with Crippen molar-refractivity contribution in [2.45, 2.75) is 57.6 Å². The first-order valence-electron chi connectivity index (χ1n) is 9.77. The Morgan fingerprint density at radius 3 is 2.88 bits per heavy atom. The number of allylic oxidation sites excluding steroid dienone is 3. The van der Waals surface area contributed by atoms with E-state index in [2.05, 4.69) is 56.4 Å². The monoisotopic (exact) mass is 348 g/mol. The van der Waals surface area contributed by atoms with Gasteiger partial charge in [-0.05, 0) is 42.4 Å². The molecule has 1 saturated heterocycles. The van der Waals surface area contributed by atoms with Crippen LogP contribution in [0.4, 0.5) is 5.69 Å². The van der Waals surface area contributed by atoms with E-state index in [1.54, 1.807) is 0 Å². The van der Waals surface area contributed by atoms with Crippen molar-refractivity contribution in [3.63, 3.8) is 0 Å². The Hall–Kier alpha value is -2.05. The molecule has 0 bridgehead atoms. The van der Waals surface area contributed by atoms with E-state index in [0.29, 0.717) is 17.9 Å². The highest BCUT2D eigenvalue weighted by Gasteiger charge is 2.42. The third-order valence-electron chi connectivity index (χ3n) is 6.09.